The van der Waals surface area contributed by atoms with Gasteiger partial charge < -0.3 is 0 Å². The van der Waals surface area contributed by atoms with Crippen LogP contribution in [-0.4, -0.2) is 0 Å². The fourth-order valence-corrected chi connectivity index (χ4v) is 5.36. The van der Waals surface area contributed by atoms with Crippen molar-refractivity contribution >= 4 is 0 Å². The van der Waals surface area contributed by atoms with Crippen LogP contribution in [0.3, 0.4) is 0 Å². The van der Waals surface area contributed by atoms with Gasteiger partial charge in [-0.15, -0.1) is 0 Å². The van der Waals surface area contributed by atoms with E-state index in [0.29, 0.717) is 10.8 Å². The largest absolute Gasteiger partial charge is 0.0651 e. The van der Waals surface area contributed by atoms with E-state index in [1.165, 1.54) is 44.9 Å². The highest BCUT2D eigenvalue weighted by molar-refractivity contribution is 4.94. The standard InChI is InChI=1S/C25H52/c1-12-20(6)17-21(7)25(16-15-19(4)5,18-24(9,10)11)22(8)23(13-2)14-3/h19-23H,12-18H2,1-11H3. The van der Waals surface area contributed by atoms with Gasteiger partial charge >= 0.3 is 0 Å². The minimum absolute atomic E-state index is 0.404. The van der Waals surface area contributed by atoms with Gasteiger partial charge in [-0.3, -0.25) is 0 Å². The molecule has 0 saturated carbocycles. The first-order valence-electron chi connectivity index (χ1n) is 11.4. The average molecular weight is 353 g/mol. The zero-order valence-electron chi connectivity index (χ0n) is 19.8. The summed E-state index contributed by atoms with van der Waals surface area (Å²) in [6, 6.07) is 0. The first-order valence-corrected chi connectivity index (χ1v) is 11.4. The van der Waals surface area contributed by atoms with Crippen molar-refractivity contribution < 1.29 is 0 Å². The Bertz CT molecular complexity index is 330. The summed E-state index contributed by atoms with van der Waals surface area (Å²) in [6.45, 7) is 27.1. The molecule has 0 aliphatic rings. The van der Waals surface area contributed by atoms with Gasteiger partial charge in [-0.25, -0.2) is 0 Å². The Morgan fingerprint density at radius 3 is 1.64 bits per heavy atom. The zero-order valence-corrected chi connectivity index (χ0v) is 19.8. The molecule has 0 bridgehead atoms. The maximum Gasteiger partial charge on any atom is -0.0238 e. The first kappa shape index (κ1) is 25.0. The highest BCUT2D eigenvalue weighted by Gasteiger charge is 2.45. The van der Waals surface area contributed by atoms with Gasteiger partial charge in [0.1, 0.15) is 0 Å². The Hall–Kier alpha value is 0. The highest BCUT2D eigenvalue weighted by atomic mass is 14.5. The third-order valence-corrected chi connectivity index (χ3v) is 7.14. The minimum atomic E-state index is 0.404. The lowest BCUT2D eigenvalue weighted by atomic mass is 9.54. The Morgan fingerprint density at radius 2 is 1.28 bits per heavy atom. The fourth-order valence-electron chi connectivity index (χ4n) is 5.36. The predicted molar refractivity (Wildman–Crippen MR) is 117 cm³/mol. The molecule has 0 aromatic heterocycles. The van der Waals surface area contributed by atoms with Crippen molar-refractivity contribution in [2.45, 2.75) is 121 Å². The molecular weight excluding hydrogens is 300 g/mol. The van der Waals surface area contributed by atoms with Gasteiger partial charge in [0.15, 0.2) is 0 Å². The average Bonchev–Trinajstić information content (AvgIpc) is 2.50. The Balaban J connectivity index is 5.92. The summed E-state index contributed by atoms with van der Waals surface area (Å²) in [5.41, 5.74) is 0.892. The van der Waals surface area contributed by atoms with E-state index < -0.39 is 0 Å². The van der Waals surface area contributed by atoms with E-state index in [2.05, 4.69) is 76.2 Å². The lowest BCUT2D eigenvalue weighted by Crippen LogP contribution is -2.43. The molecule has 0 heterocycles. The van der Waals surface area contributed by atoms with Gasteiger partial charge in [0, 0.05) is 0 Å². The van der Waals surface area contributed by atoms with Crippen molar-refractivity contribution in [1.29, 1.82) is 0 Å². The van der Waals surface area contributed by atoms with Gasteiger partial charge in [-0.2, -0.15) is 0 Å². The van der Waals surface area contributed by atoms with Crippen molar-refractivity contribution in [3.63, 3.8) is 0 Å². The second kappa shape index (κ2) is 11.0. The molecule has 0 radical (unpaired) electrons. The van der Waals surface area contributed by atoms with Crippen molar-refractivity contribution in [1.82, 2.24) is 0 Å². The van der Waals surface area contributed by atoms with Gasteiger partial charge in [-0.05, 0) is 59.7 Å². The summed E-state index contributed by atoms with van der Waals surface area (Å²) in [6.07, 6.45) is 9.56. The van der Waals surface area contributed by atoms with Crippen molar-refractivity contribution in [3.8, 4) is 0 Å². The summed E-state index contributed by atoms with van der Waals surface area (Å²) in [7, 11) is 0. The number of hydrogen-bond donors (Lipinski definition) is 0. The van der Waals surface area contributed by atoms with Crippen LogP contribution in [0.4, 0.5) is 0 Å². The molecule has 0 rings (SSSR count). The van der Waals surface area contributed by atoms with E-state index in [1.807, 2.05) is 0 Å². The Labute approximate surface area is 161 Å². The molecule has 0 spiro atoms. The highest BCUT2D eigenvalue weighted by Crippen LogP contribution is 2.54. The van der Waals surface area contributed by atoms with Gasteiger partial charge in [0.05, 0.1) is 0 Å². The summed E-state index contributed by atoms with van der Waals surface area (Å²) < 4.78 is 0. The van der Waals surface area contributed by atoms with Crippen LogP contribution in [0.25, 0.3) is 0 Å². The van der Waals surface area contributed by atoms with E-state index in [4.69, 9.17) is 0 Å². The van der Waals surface area contributed by atoms with Crippen molar-refractivity contribution in [3.05, 3.63) is 0 Å². The molecule has 0 fully saturated rings. The quantitative estimate of drug-likeness (QED) is 0.328. The van der Waals surface area contributed by atoms with Crippen LogP contribution < -0.4 is 0 Å². The lowest BCUT2D eigenvalue weighted by Gasteiger charge is -2.51. The molecule has 0 aromatic rings. The van der Waals surface area contributed by atoms with E-state index in [1.54, 1.807) is 0 Å². The SMILES string of the molecule is CCC(C)CC(C)C(CCC(C)C)(CC(C)(C)C)C(C)C(CC)CC. The molecule has 4 atom stereocenters. The second-order valence-corrected chi connectivity index (χ2v) is 10.9. The molecule has 0 aliphatic carbocycles. The third kappa shape index (κ3) is 8.04. The van der Waals surface area contributed by atoms with Crippen LogP contribution >= 0.6 is 0 Å². The van der Waals surface area contributed by atoms with E-state index in [-0.39, 0.29) is 0 Å². The maximum atomic E-state index is 2.61. The number of hydrogen-bond acceptors (Lipinski definition) is 0. The summed E-state index contributed by atoms with van der Waals surface area (Å²) in [5.74, 6) is 4.16. The van der Waals surface area contributed by atoms with Crippen LogP contribution in [0.1, 0.15) is 121 Å². The summed E-state index contributed by atoms with van der Waals surface area (Å²) in [4.78, 5) is 0. The topological polar surface area (TPSA) is 0 Å². The number of rotatable bonds is 12. The van der Waals surface area contributed by atoms with Crippen LogP contribution in [0.5, 0.6) is 0 Å². The predicted octanol–water partition coefficient (Wildman–Crippen LogP) is 8.99. The van der Waals surface area contributed by atoms with E-state index in [0.717, 1.165) is 29.6 Å². The summed E-state index contributed by atoms with van der Waals surface area (Å²) >= 11 is 0. The first-order chi connectivity index (χ1) is 11.4. The lowest BCUT2D eigenvalue weighted by molar-refractivity contribution is -0.0170. The van der Waals surface area contributed by atoms with Gasteiger partial charge in [0.25, 0.3) is 0 Å². The molecule has 25 heavy (non-hydrogen) atoms. The molecule has 0 aromatic carbocycles. The Kier molecular flexibility index (Phi) is 11.0. The molecular formula is C25H52. The molecule has 0 heteroatoms. The molecule has 4 unspecified atom stereocenters. The molecule has 0 N–H and O–H groups in total. The van der Waals surface area contributed by atoms with Crippen LogP contribution in [0.15, 0.2) is 0 Å². The third-order valence-electron chi connectivity index (χ3n) is 7.14. The molecule has 0 aliphatic heterocycles. The van der Waals surface area contributed by atoms with E-state index >= 15 is 0 Å². The second-order valence-electron chi connectivity index (χ2n) is 10.9. The van der Waals surface area contributed by atoms with E-state index in [9.17, 15) is 0 Å². The van der Waals surface area contributed by atoms with Crippen LogP contribution in [-0.2, 0) is 0 Å². The van der Waals surface area contributed by atoms with Crippen molar-refractivity contribution in [2.75, 3.05) is 0 Å². The Morgan fingerprint density at radius 1 is 0.760 bits per heavy atom. The van der Waals surface area contributed by atoms with Crippen LogP contribution in [0, 0.1) is 40.4 Å². The molecule has 152 valence electrons. The monoisotopic (exact) mass is 352 g/mol. The van der Waals surface area contributed by atoms with Gasteiger partial charge in [-0.1, -0.05) is 102 Å². The maximum absolute atomic E-state index is 2.61. The van der Waals surface area contributed by atoms with Crippen molar-refractivity contribution in [2.24, 2.45) is 40.4 Å². The van der Waals surface area contributed by atoms with Gasteiger partial charge in [0.2, 0.25) is 0 Å². The normalized spacial score (nSPS) is 19.1. The molecule has 0 amide bonds. The smallest absolute Gasteiger partial charge is 0.0238 e. The fraction of sp³-hybridized carbons (Fsp3) is 1.00. The molecule has 0 nitrogen and oxygen atoms in total. The van der Waals surface area contributed by atoms with Crippen LogP contribution in [0.2, 0.25) is 0 Å². The summed E-state index contributed by atoms with van der Waals surface area (Å²) in [5, 5.41) is 0. The minimum Gasteiger partial charge on any atom is -0.0651 e. The molecule has 0 saturated heterocycles. The zero-order chi connectivity index (χ0) is 19.8.